The monoisotopic (exact) mass is 304 g/mol. The zero-order valence-electron chi connectivity index (χ0n) is 7.31. The molecule has 0 radical (unpaired) electrons. The van der Waals surface area contributed by atoms with Crippen molar-refractivity contribution in [3.63, 3.8) is 0 Å². The van der Waals surface area contributed by atoms with Crippen LogP contribution in [0.25, 0.3) is 0 Å². The molecule has 1 fully saturated rings. The third-order valence-corrected chi connectivity index (χ3v) is 3.72. The second-order valence-electron chi connectivity index (χ2n) is 3.42. The van der Waals surface area contributed by atoms with Gasteiger partial charge in [0.05, 0.1) is 17.5 Å². The molecule has 1 aromatic rings. The maximum Gasteiger partial charge on any atom is 0.0974 e. The van der Waals surface area contributed by atoms with Gasteiger partial charge in [0, 0.05) is 4.47 Å². The maximum absolute atomic E-state index is 5.22. The molecule has 0 saturated carbocycles. The summed E-state index contributed by atoms with van der Waals surface area (Å²) < 4.78 is 6.41. The number of benzene rings is 1. The Morgan fingerprint density at radius 3 is 2.62 bits per heavy atom. The van der Waals surface area contributed by atoms with E-state index in [1.54, 1.807) is 0 Å². The molecule has 0 aromatic heterocycles. The minimum atomic E-state index is 0.0564. The predicted octanol–water partition coefficient (Wildman–Crippen LogP) is 3.38. The zero-order chi connectivity index (χ0) is 9.47. The summed E-state index contributed by atoms with van der Waals surface area (Å²) in [5.41, 5.74) is 2.64. The van der Waals surface area contributed by atoms with Crippen LogP contribution >= 0.6 is 31.9 Å². The van der Waals surface area contributed by atoms with Crippen LogP contribution in [0.15, 0.2) is 22.7 Å². The third-order valence-electron chi connectivity index (χ3n) is 2.34. The molecule has 0 amide bonds. The Labute approximate surface area is 94.7 Å². The van der Waals surface area contributed by atoms with Crippen LogP contribution in [0.3, 0.4) is 0 Å². The second-order valence-corrected chi connectivity index (χ2v) is 5.85. The SMILES string of the molecule is Cc1ccc(Br)cc1C1(Br)COC1. The van der Waals surface area contributed by atoms with E-state index in [0.29, 0.717) is 0 Å². The van der Waals surface area contributed by atoms with Gasteiger partial charge in [0.1, 0.15) is 0 Å². The van der Waals surface area contributed by atoms with Gasteiger partial charge in [-0.05, 0) is 30.2 Å². The first kappa shape index (κ1) is 9.69. The van der Waals surface area contributed by atoms with Crippen molar-refractivity contribution in [2.75, 3.05) is 13.2 Å². The van der Waals surface area contributed by atoms with E-state index in [-0.39, 0.29) is 4.32 Å². The summed E-state index contributed by atoms with van der Waals surface area (Å²) in [5.74, 6) is 0. The quantitative estimate of drug-likeness (QED) is 0.723. The van der Waals surface area contributed by atoms with Gasteiger partial charge in [-0.25, -0.2) is 0 Å². The van der Waals surface area contributed by atoms with Gasteiger partial charge in [-0.1, -0.05) is 37.9 Å². The fraction of sp³-hybridized carbons (Fsp3) is 0.400. The van der Waals surface area contributed by atoms with Crippen LogP contribution in [0, 0.1) is 6.92 Å². The Balaban J connectivity index is 2.43. The van der Waals surface area contributed by atoms with Gasteiger partial charge in [-0.3, -0.25) is 0 Å². The zero-order valence-corrected chi connectivity index (χ0v) is 10.5. The summed E-state index contributed by atoms with van der Waals surface area (Å²) in [6, 6.07) is 6.35. The van der Waals surface area contributed by atoms with Gasteiger partial charge in [0.15, 0.2) is 0 Å². The van der Waals surface area contributed by atoms with Gasteiger partial charge in [-0.15, -0.1) is 0 Å². The summed E-state index contributed by atoms with van der Waals surface area (Å²) in [6.07, 6.45) is 0. The molecule has 1 saturated heterocycles. The molecule has 70 valence electrons. The lowest BCUT2D eigenvalue weighted by molar-refractivity contribution is -0.00726. The summed E-state index contributed by atoms with van der Waals surface area (Å²) in [4.78, 5) is 0. The van der Waals surface area contributed by atoms with Crippen molar-refractivity contribution >= 4 is 31.9 Å². The molecule has 1 nitrogen and oxygen atoms in total. The van der Waals surface area contributed by atoms with E-state index in [0.717, 1.165) is 17.7 Å². The molecular weight excluding hydrogens is 296 g/mol. The Morgan fingerprint density at radius 2 is 2.08 bits per heavy atom. The molecule has 0 spiro atoms. The molecule has 0 N–H and O–H groups in total. The lowest BCUT2D eigenvalue weighted by Crippen LogP contribution is -2.41. The standard InChI is InChI=1S/C10H10Br2O/c1-7-2-3-8(11)4-9(7)10(12)5-13-6-10/h2-4H,5-6H2,1H3. The van der Waals surface area contributed by atoms with E-state index in [1.165, 1.54) is 11.1 Å². The molecule has 1 aliphatic heterocycles. The van der Waals surface area contributed by atoms with Crippen LogP contribution < -0.4 is 0 Å². The highest BCUT2D eigenvalue weighted by Crippen LogP contribution is 2.40. The first-order valence-electron chi connectivity index (χ1n) is 4.15. The molecule has 0 bridgehead atoms. The molecule has 0 aliphatic carbocycles. The number of hydrogen-bond acceptors (Lipinski definition) is 1. The largest absolute Gasteiger partial charge is 0.378 e. The van der Waals surface area contributed by atoms with Crippen LogP contribution in [0.5, 0.6) is 0 Å². The molecule has 2 rings (SSSR count). The lowest BCUT2D eigenvalue weighted by Gasteiger charge is -2.37. The van der Waals surface area contributed by atoms with E-state index < -0.39 is 0 Å². The van der Waals surface area contributed by atoms with Gasteiger partial charge >= 0.3 is 0 Å². The van der Waals surface area contributed by atoms with E-state index in [2.05, 4.69) is 57.0 Å². The maximum atomic E-state index is 5.22. The van der Waals surface area contributed by atoms with E-state index in [9.17, 15) is 0 Å². The predicted molar refractivity (Wildman–Crippen MR) is 60.3 cm³/mol. The number of hydrogen-bond donors (Lipinski definition) is 0. The number of halogens is 2. The molecule has 1 aliphatic rings. The lowest BCUT2D eigenvalue weighted by atomic mass is 9.93. The van der Waals surface area contributed by atoms with Crippen LogP contribution in [-0.4, -0.2) is 13.2 Å². The van der Waals surface area contributed by atoms with E-state index >= 15 is 0 Å². The fourth-order valence-electron chi connectivity index (χ4n) is 1.51. The molecular formula is C10H10Br2O. The van der Waals surface area contributed by atoms with Gasteiger partial charge in [0.2, 0.25) is 0 Å². The van der Waals surface area contributed by atoms with Crippen molar-refractivity contribution < 1.29 is 4.74 Å². The summed E-state index contributed by atoms with van der Waals surface area (Å²) in [5, 5.41) is 0. The topological polar surface area (TPSA) is 9.23 Å². The van der Waals surface area contributed by atoms with Crippen molar-refractivity contribution in [2.24, 2.45) is 0 Å². The summed E-state index contributed by atoms with van der Waals surface area (Å²) >= 11 is 7.20. The number of rotatable bonds is 1. The van der Waals surface area contributed by atoms with Gasteiger partial charge in [-0.2, -0.15) is 0 Å². The van der Waals surface area contributed by atoms with E-state index in [1.807, 2.05) is 0 Å². The van der Waals surface area contributed by atoms with Crippen molar-refractivity contribution in [2.45, 2.75) is 11.2 Å². The molecule has 1 aromatic carbocycles. The summed E-state index contributed by atoms with van der Waals surface area (Å²) in [6.45, 7) is 3.66. The Morgan fingerprint density at radius 1 is 1.38 bits per heavy atom. The highest BCUT2D eigenvalue weighted by atomic mass is 79.9. The highest BCUT2D eigenvalue weighted by Gasteiger charge is 2.38. The number of alkyl halides is 1. The highest BCUT2D eigenvalue weighted by molar-refractivity contribution is 9.10. The first-order valence-corrected chi connectivity index (χ1v) is 5.74. The van der Waals surface area contributed by atoms with Crippen LogP contribution in [0.2, 0.25) is 0 Å². The summed E-state index contributed by atoms with van der Waals surface area (Å²) in [7, 11) is 0. The van der Waals surface area contributed by atoms with Crippen LogP contribution in [-0.2, 0) is 9.06 Å². The average Bonchev–Trinajstić information content (AvgIpc) is 2.05. The normalized spacial score (nSPS) is 19.6. The van der Waals surface area contributed by atoms with Crippen LogP contribution in [0.1, 0.15) is 11.1 Å². The number of aryl methyl sites for hydroxylation is 1. The minimum Gasteiger partial charge on any atom is -0.378 e. The van der Waals surface area contributed by atoms with Crippen molar-refractivity contribution in [1.82, 2.24) is 0 Å². The van der Waals surface area contributed by atoms with Crippen LogP contribution in [0.4, 0.5) is 0 Å². The molecule has 0 unspecified atom stereocenters. The van der Waals surface area contributed by atoms with Crippen molar-refractivity contribution in [1.29, 1.82) is 0 Å². The Bertz CT molecular complexity index is 332. The van der Waals surface area contributed by atoms with Gasteiger partial charge < -0.3 is 4.74 Å². The smallest absolute Gasteiger partial charge is 0.0974 e. The Hall–Kier alpha value is 0.140. The molecule has 3 heteroatoms. The second kappa shape index (κ2) is 3.37. The first-order chi connectivity index (χ1) is 6.12. The van der Waals surface area contributed by atoms with Crippen molar-refractivity contribution in [3.8, 4) is 0 Å². The molecule has 13 heavy (non-hydrogen) atoms. The average molecular weight is 306 g/mol. The third kappa shape index (κ3) is 1.69. The molecule has 0 atom stereocenters. The fourth-order valence-corrected chi connectivity index (χ4v) is 2.63. The van der Waals surface area contributed by atoms with E-state index in [4.69, 9.17) is 4.74 Å². The molecule has 1 heterocycles. The minimum absolute atomic E-state index is 0.0564. The van der Waals surface area contributed by atoms with Gasteiger partial charge in [0.25, 0.3) is 0 Å². The Kier molecular flexibility index (Phi) is 2.51. The van der Waals surface area contributed by atoms with Crippen molar-refractivity contribution in [3.05, 3.63) is 33.8 Å². The number of ether oxygens (including phenoxy) is 1.